The standard InChI is InChI=1S/C23H39N5.HI/c1-20(26(3)17-21-10-6-4-7-11-21)16-25-23(24-2)28-15-12-22(19-28)18-27-13-8-5-9-14-27;/h4,6-7,10-11,20,22H,5,8-9,12-19H2,1-3H3,(H,24,25);1H. The van der Waals surface area contributed by atoms with Crippen molar-refractivity contribution in [2.75, 3.05) is 53.4 Å². The number of likely N-dealkylation sites (N-methyl/N-ethyl adjacent to an activating group) is 1. The zero-order valence-corrected chi connectivity index (χ0v) is 20.8. The molecule has 29 heavy (non-hydrogen) atoms. The van der Waals surface area contributed by atoms with Crippen LogP contribution < -0.4 is 5.32 Å². The lowest BCUT2D eigenvalue weighted by molar-refractivity contribution is 0.198. The maximum atomic E-state index is 4.57. The van der Waals surface area contributed by atoms with E-state index in [9.17, 15) is 0 Å². The van der Waals surface area contributed by atoms with Gasteiger partial charge in [0, 0.05) is 45.8 Å². The fraction of sp³-hybridized carbons (Fsp3) is 0.696. The van der Waals surface area contributed by atoms with E-state index in [0.717, 1.165) is 38.1 Å². The van der Waals surface area contributed by atoms with E-state index < -0.39 is 0 Å². The molecule has 0 spiro atoms. The van der Waals surface area contributed by atoms with Gasteiger partial charge in [0.15, 0.2) is 5.96 Å². The van der Waals surface area contributed by atoms with Crippen molar-refractivity contribution in [3.8, 4) is 0 Å². The monoisotopic (exact) mass is 513 g/mol. The third kappa shape index (κ3) is 7.72. The fourth-order valence-corrected chi connectivity index (χ4v) is 4.44. The van der Waals surface area contributed by atoms with E-state index in [4.69, 9.17) is 0 Å². The Hall–Kier alpha value is -0.860. The van der Waals surface area contributed by atoms with E-state index in [0.29, 0.717) is 6.04 Å². The third-order valence-corrected chi connectivity index (χ3v) is 6.35. The van der Waals surface area contributed by atoms with E-state index in [-0.39, 0.29) is 24.0 Å². The van der Waals surface area contributed by atoms with Crippen molar-refractivity contribution in [2.24, 2.45) is 10.9 Å². The summed E-state index contributed by atoms with van der Waals surface area (Å²) in [7, 11) is 4.12. The minimum Gasteiger partial charge on any atom is -0.355 e. The molecule has 2 fully saturated rings. The molecule has 2 unspecified atom stereocenters. The quantitative estimate of drug-likeness (QED) is 0.344. The summed E-state index contributed by atoms with van der Waals surface area (Å²) in [6.07, 6.45) is 5.48. The van der Waals surface area contributed by atoms with Crippen molar-refractivity contribution in [2.45, 2.75) is 45.2 Å². The predicted molar refractivity (Wildman–Crippen MR) is 134 cm³/mol. The Morgan fingerprint density at radius 1 is 1.17 bits per heavy atom. The lowest BCUT2D eigenvalue weighted by Crippen LogP contribution is -2.46. The molecule has 1 N–H and O–H groups in total. The molecule has 164 valence electrons. The maximum Gasteiger partial charge on any atom is 0.193 e. The van der Waals surface area contributed by atoms with Gasteiger partial charge in [0.25, 0.3) is 0 Å². The molecule has 0 saturated carbocycles. The number of benzene rings is 1. The minimum absolute atomic E-state index is 0. The summed E-state index contributed by atoms with van der Waals surface area (Å²) in [4.78, 5) is 12.1. The summed E-state index contributed by atoms with van der Waals surface area (Å²) < 4.78 is 0. The Morgan fingerprint density at radius 3 is 2.59 bits per heavy atom. The van der Waals surface area contributed by atoms with Gasteiger partial charge in [0.2, 0.25) is 0 Å². The smallest absolute Gasteiger partial charge is 0.193 e. The molecule has 0 aliphatic carbocycles. The van der Waals surface area contributed by atoms with Crippen molar-refractivity contribution in [3.05, 3.63) is 35.9 Å². The molecule has 1 aromatic rings. The number of hydrogen-bond acceptors (Lipinski definition) is 3. The maximum absolute atomic E-state index is 4.57. The number of nitrogens with one attached hydrogen (secondary N) is 1. The molecule has 0 bridgehead atoms. The van der Waals surface area contributed by atoms with Crippen molar-refractivity contribution in [3.63, 3.8) is 0 Å². The van der Waals surface area contributed by atoms with Crippen molar-refractivity contribution >= 4 is 29.9 Å². The lowest BCUT2D eigenvalue weighted by Gasteiger charge is -2.30. The second-order valence-electron chi connectivity index (χ2n) is 8.64. The molecule has 2 atom stereocenters. The Balaban J connectivity index is 0.00000300. The van der Waals surface area contributed by atoms with Crippen LogP contribution in [-0.2, 0) is 6.54 Å². The van der Waals surface area contributed by atoms with Gasteiger partial charge in [-0.25, -0.2) is 0 Å². The summed E-state index contributed by atoms with van der Waals surface area (Å²) in [6, 6.07) is 11.1. The van der Waals surface area contributed by atoms with E-state index in [2.05, 4.69) is 69.3 Å². The van der Waals surface area contributed by atoms with Gasteiger partial charge in [-0.05, 0) is 57.8 Å². The zero-order valence-electron chi connectivity index (χ0n) is 18.5. The van der Waals surface area contributed by atoms with Crippen LogP contribution in [-0.4, -0.2) is 80.1 Å². The van der Waals surface area contributed by atoms with Crippen LogP contribution in [0.1, 0.15) is 38.2 Å². The lowest BCUT2D eigenvalue weighted by atomic mass is 10.1. The molecule has 1 aromatic carbocycles. The third-order valence-electron chi connectivity index (χ3n) is 6.35. The van der Waals surface area contributed by atoms with E-state index in [1.807, 2.05) is 7.05 Å². The van der Waals surface area contributed by atoms with Crippen LogP contribution in [0.15, 0.2) is 35.3 Å². The van der Waals surface area contributed by atoms with Crippen LogP contribution >= 0.6 is 24.0 Å². The number of guanidine groups is 1. The highest BCUT2D eigenvalue weighted by Gasteiger charge is 2.27. The van der Waals surface area contributed by atoms with Gasteiger partial charge in [-0.3, -0.25) is 9.89 Å². The highest BCUT2D eigenvalue weighted by Crippen LogP contribution is 2.20. The number of aliphatic imine (C=N–C) groups is 1. The van der Waals surface area contributed by atoms with Gasteiger partial charge in [0.05, 0.1) is 0 Å². The van der Waals surface area contributed by atoms with Gasteiger partial charge in [-0.1, -0.05) is 36.8 Å². The summed E-state index contributed by atoms with van der Waals surface area (Å²) in [5.41, 5.74) is 1.36. The first-order valence-electron chi connectivity index (χ1n) is 11.1. The van der Waals surface area contributed by atoms with Gasteiger partial charge >= 0.3 is 0 Å². The molecule has 0 aromatic heterocycles. The normalized spacial score (nSPS) is 21.9. The fourth-order valence-electron chi connectivity index (χ4n) is 4.44. The van der Waals surface area contributed by atoms with Gasteiger partial charge in [-0.15, -0.1) is 24.0 Å². The van der Waals surface area contributed by atoms with Crippen molar-refractivity contribution in [1.82, 2.24) is 20.0 Å². The number of piperidine rings is 1. The Kier molecular flexibility index (Phi) is 10.7. The molecule has 0 amide bonds. The summed E-state index contributed by atoms with van der Waals surface area (Å²) in [5, 5.41) is 3.62. The number of hydrogen-bond donors (Lipinski definition) is 1. The Bertz CT molecular complexity index is 603. The van der Waals surface area contributed by atoms with E-state index in [1.165, 1.54) is 50.9 Å². The van der Waals surface area contributed by atoms with Gasteiger partial charge < -0.3 is 15.1 Å². The molecular weight excluding hydrogens is 473 g/mol. The molecule has 0 radical (unpaired) electrons. The van der Waals surface area contributed by atoms with Gasteiger partial charge in [0.1, 0.15) is 0 Å². The van der Waals surface area contributed by atoms with Crippen molar-refractivity contribution in [1.29, 1.82) is 0 Å². The van der Waals surface area contributed by atoms with Gasteiger partial charge in [-0.2, -0.15) is 0 Å². The van der Waals surface area contributed by atoms with Crippen LogP contribution in [0, 0.1) is 5.92 Å². The Labute approximate surface area is 194 Å². The average Bonchev–Trinajstić information content (AvgIpc) is 3.18. The molecule has 2 aliphatic heterocycles. The molecular formula is C23H40IN5. The average molecular weight is 514 g/mol. The SMILES string of the molecule is CN=C(NCC(C)N(C)Cc1ccccc1)N1CCC(CN2CCCCC2)C1.I. The number of likely N-dealkylation sites (tertiary alicyclic amines) is 2. The topological polar surface area (TPSA) is 34.1 Å². The molecule has 2 heterocycles. The minimum atomic E-state index is 0. The first kappa shape index (κ1) is 24.4. The molecule has 5 nitrogen and oxygen atoms in total. The van der Waals surface area contributed by atoms with Crippen LogP contribution in [0.25, 0.3) is 0 Å². The number of nitrogens with zero attached hydrogens (tertiary/aromatic N) is 4. The van der Waals surface area contributed by atoms with Crippen LogP contribution in [0.4, 0.5) is 0 Å². The summed E-state index contributed by atoms with van der Waals surface area (Å²) >= 11 is 0. The summed E-state index contributed by atoms with van der Waals surface area (Å²) in [5.74, 6) is 1.86. The number of halogens is 1. The Morgan fingerprint density at radius 2 is 1.90 bits per heavy atom. The largest absolute Gasteiger partial charge is 0.355 e. The zero-order chi connectivity index (χ0) is 19.8. The first-order valence-corrected chi connectivity index (χ1v) is 11.1. The van der Waals surface area contributed by atoms with E-state index >= 15 is 0 Å². The number of rotatable bonds is 7. The highest BCUT2D eigenvalue weighted by atomic mass is 127. The molecule has 2 saturated heterocycles. The second kappa shape index (κ2) is 12.7. The molecule has 6 heteroatoms. The summed E-state index contributed by atoms with van der Waals surface area (Å²) in [6.45, 7) is 10.3. The first-order chi connectivity index (χ1) is 13.7. The molecule has 3 rings (SSSR count). The highest BCUT2D eigenvalue weighted by molar-refractivity contribution is 14.0. The van der Waals surface area contributed by atoms with Crippen molar-refractivity contribution < 1.29 is 0 Å². The van der Waals surface area contributed by atoms with E-state index in [1.54, 1.807) is 0 Å². The predicted octanol–water partition coefficient (Wildman–Crippen LogP) is 3.51. The molecule has 2 aliphatic rings. The van der Waals surface area contributed by atoms with Crippen LogP contribution in [0.5, 0.6) is 0 Å². The second-order valence-corrected chi connectivity index (χ2v) is 8.64. The van der Waals surface area contributed by atoms with Crippen LogP contribution in [0.2, 0.25) is 0 Å². The van der Waals surface area contributed by atoms with Crippen LogP contribution in [0.3, 0.4) is 0 Å².